The summed E-state index contributed by atoms with van der Waals surface area (Å²) in [6.07, 6.45) is 1.08. The smallest absolute Gasteiger partial charge is 0.0561 e. The van der Waals surface area contributed by atoms with Crippen molar-refractivity contribution in [2.75, 3.05) is 5.32 Å². The zero-order chi connectivity index (χ0) is 13.5. The fourth-order valence-electron chi connectivity index (χ4n) is 3.29. The van der Waals surface area contributed by atoms with Crippen LogP contribution in [0.2, 0.25) is 0 Å². The highest BCUT2D eigenvalue weighted by atomic mass is 14.9. The van der Waals surface area contributed by atoms with Gasteiger partial charge in [0.1, 0.15) is 0 Å². The molecule has 4 rings (SSSR count). The summed E-state index contributed by atoms with van der Waals surface area (Å²) >= 11 is 0. The molecule has 0 bridgehead atoms. The summed E-state index contributed by atoms with van der Waals surface area (Å²) < 4.78 is 0. The van der Waals surface area contributed by atoms with Crippen molar-refractivity contribution in [1.82, 2.24) is 0 Å². The second-order valence-electron chi connectivity index (χ2n) is 5.57. The third-order valence-corrected chi connectivity index (χ3v) is 4.35. The lowest BCUT2D eigenvalue weighted by Crippen LogP contribution is -2.06. The van der Waals surface area contributed by atoms with Crippen LogP contribution in [0.1, 0.15) is 22.7 Å². The summed E-state index contributed by atoms with van der Waals surface area (Å²) in [5.41, 5.74) is 5.55. The van der Waals surface area contributed by atoms with Crippen LogP contribution in [-0.2, 0) is 6.42 Å². The summed E-state index contributed by atoms with van der Waals surface area (Å²) in [5, 5.41) is 6.36. The first-order valence-corrected chi connectivity index (χ1v) is 7.15. The van der Waals surface area contributed by atoms with Crippen molar-refractivity contribution < 1.29 is 0 Å². The molecule has 0 saturated heterocycles. The SMILES string of the molecule is Cc1cccc2c1CC(c1cccc3ccccc13)N2. The second-order valence-corrected chi connectivity index (χ2v) is 5.57. The molecule has 1 heteroatoms. The van der Waals surface area contributed by atoms with E-state index in [0.29, 0.717) is 6.04 Å². The van der Waals surface area contributed by atoms with Gasteiger partial charge in [-0.2, -0.15) is 0 Å². The van der Waals surface area contributed by atoms with Gasteiger partial charge in [0.25, 0.3) is 0 Å². The normalized spacial score (nSPS) is 16.9. The van der Waals surface area contributed by atoms with Crippen molar-refractivity contribution in [2.24, 2.45) is 0 Å². The molecule has 1 nitrogen and oxygen atoms in total. The standard InChI is InChI=1S/C19H17N/c1-13-6-4-11-18-17(13)12-19(20-18)16-10-5-8-14-7-2-3-9-15(14)16/h2-11,19-20H,12H2,1H3. The Morgan fingerprint density at radius 2 is 1.70 bits per heavy atom. The molecule has 98 valence electrons. The fraction of sp³-hybridized carbons (Fsp3) is 0.158. The molecule has 1 heterocycles. The fourth-order valence-corrected chi connectivity index (χ4v) is 3.29. The van der Waals surface area contributed by atoms with Crippen LogP contribution in [0.3, 0.4) is 0 Å². The van der Waals surface area contributed by atoms with Gasteiger partial charge in [-0.15, -0.1) is 0 Å². The van der Waals surface area contributed by atoms with Crippen molar-refractivity contribution in [3.8, 4) is 0 Å². The Morgan fingerprint density at radius 3 is 2.60 bits per heavy atom. The third kappa shape index (κ3) is 1.70. The highest BCUT2D eigenvalue weighted by Crippen LogP contribution is 2.38. The molecule has 3 aromatic carbocycles. The maximum Gasteiger partial charge on any atom is 0.0561 e. The molecule has 1 N–H and O–H groups in total. The van der Waals surface area contributed by atoms with Gasteiger partial charge in [-0.05, 0) is 46.9 Å². The zero-order valence-electron chi connectivity index (χ0n) is 11.6. The van der Waals surface area contributed by atoms with E-state index in [1.807, 2.05) is 0 Å². The molecule has 20 heavy (non-hydrogen) atoms. The van der Waals surface area contributed by atoms with Crippen LogP contribution in [-0.4, -0.2) is 0 Å². The van der Waals surface area contributed by atoms with E-state index in [1.54, 1.807) is 0 Å². The van der Waals surface area contributed by atoms with Gasteiger partial charge >= 0.3 is 0 Å². The van der Waals surface area contributed by atoms with Crippen molar-refractivity contribution in [3.63, 3.8) is 0 Å². The van der Waals surface area contributed by atoms with E-state index in [9.17, 15) is 0 Å². The van der Waals surface area contributed by atoms with Gasteiger partial charge in [-0.1, -0.05) is 54.6 Å². The van der Waals surface area contributed by atoms with Gasteiger partial charge in [-0.3, -0.25) is 0 Å². The summed E-state index contributed by atoms with van der Waals surface area (Å²) in [6.45, 7) is 2.20. The highest BCUT2D eigenvalue weighted by molar-refractivity contribution is 5.86. The van der Waals surface area contributed by atoms with Crippen molar-refractivity contribution in [2.45, 2.75) is 19.4 Å². The lowest BCUT2D eigenvalue weighted by Gasteiger charge is -2.14. The number of benzene rings is 3. The minimum absolute atomic E-state index is 0.386. The minimum atomic E-state index is 0.386. The molecule has 1 unspecified atom stereocenters. The van der Waals surface area contributed by atoms with Crippen LogP contribution >= 0.6 is 0 Å². The minimum Gasteiger partial charge on any atom is -0.378 e. The molecule has 3 aromatic rings. The van der Waals surface area contributed by atoms with Gasteiger partial charge in [0.15, 0.2) is 0 Å². The topological polar surface area (TPSA) is 12.0 Å². The van der Waals surface area contributed by atoms with Crippen LogP contribution < -0.4 is 5.32 Å². The van der Waals surface area contributed by atoms with Crippen molar-refractivity contribution >= 4 is 16.5 Å². The van der Waals surface area contributed by atoms with E-state index < -0.39 is 0 Å². The molecule has 0 amide bonds. The highest BCUT2D eigenvalue weighted by Gasteiger charge is 2.24. The number of hydrogen-bond donors (Lipinski definition) is 1. The van der Waals surface area contributed by atoms with Crippen LogP contribution in [0.4, 0.5) is 5.69 Å². The lowest BCUT2D eigenvalue weighted by atomic mass is 9.95. The maximum atomic E-state index is 3.68. The molecule has 1 aliphatic rings. The molecular weight excluding hydrogens is 242 g/mol. The molecule has 0 radical (unpaired) electrons. The predicted octanol–water partition coefficient (Wildman–Crippen LogP) is 4.86. The number of aryl methyl sites for hydroxylation is 1. The molecule has 0 aliphatic carbocycles. The largest absolute Gasteiger partial charge is 0.378 e. The number of hydrogen-bond acceptors (Lipinski definition) is 1. The van der Waals surface area contributed by atoms with Gasteiger partial charge in [0, 0.05) is 5.69 Å². The van der Waals surface area contributed by atoms with Gasteiger partial charge in [0.05, 0.1) is 6.04 Å². The number of fused-ring (bicyclic) bond motifs is 2. The summed E-state index contributed by atoms with van der Waals surface area (Å²) in [5.74, 6) is 0. The average Bonchev–Trinajstić information content (AvgIpc) is 2.92. The van der Waals surface area contributed by atoms with E-state index in [1.165, 1.54) is 33.2 Å². The Bertz CT molecular complexity index is 783. The molecule has 1 aliphatic heterocycles. The monoisotopic (exact) mass is 259 g/mol. The van der Waals surface area contributed by atoms with Crippen LogP contribution in [0.5, 0.6) is 0 Å². The Hall–Kier alpha value is -2.28. The zero-order valence-corrected chi connectivity index (χ0v) is 11.6. The molecule has 1 atom stereocenters. The quantitative estimate of drug-likeness (QED) is 0.658. The first kappa shape index (κ1) is 11.5. The van der Waals surface area contributed by atoms with Crippen molar-refractivity contribution in [3.05, 3.63) is 77.4 Å². The van der Waals surface area contributed by atoms with Gasteiger partial charge < -0.3 is 5.32 Å². The summed E-state index contributed by atoms with van der Waals surface area (Å²) in [6, 6.07) is 22.1. The van der Waals surface area contributed by atoms with Crippen LogP contribution in [0.25, 0.3) is 10.8 Å². The van der Waals surface area contributed by atoms with Crippen LogP contribution in [0, 0.1) is 6.92 Å². The molecule has 0 fully saturated rings. The number of rotatable bonds is 1. The maximum absolute atomic E-state index is 3.68. The van der Waals surface area contributed by atoms with E-state index in [-0.39, 0.29) is 0 Å². The Balaban J connectivity index is 1.81. The van der Waals surface area contributed by atoms with Gasteiger partial charge in [0.2, 0.25) is 0 Å². The van der Waals surface area contributed by atoms with E-state index in [0.717, 1.165) is 6.42 Å². The van der Waals surface area contributed by atoms with E-state index in [2.05, 4.69) is 72.9 Å². The number of nitrogens with one attached hydrogen (secondary N) is 1. The third-order valence-electron chi connectivity index (χ3n) is 4.35. The Morgan fingerprint density at radius 1 is 0.900 bits per heavy atom. The summed E-state index contributed by atoms with van der Waals surface area (Å²) in [4.78, 5) is 0. The van der Waals surface area contributed by atoms with Crippen LogP contribution in [0.15, 0.2) is 60.7 Å². The van der Waals surface area contributed by atoms with E-state index >= 15 is 0 Å². The van der Waals surface area contributed by atoms with Crippen molar-refractivity contribution in [1.29, 1.82) is 0 Å². The predicted molar refractivity (Wildman–Crippen MR) is 85.2 cm³/mol. The molecule has 0 aromatic heterocycles. The molecule has 0 saturated carbocycles. The molecular formula is C19H17N. The second kappa shape index (κ2) is 4.38. The Labute approximate surface area is 119 Å². The number of anilines is 1. The first-order valence-electron chi connectivity index (χ1n) is 7.15. The average molecular weight is 259 g/mol. The molecule has 0 spiro atoms. The van der Waals surface area contributed by atoms with E-state index in [4.69, 9.17) is 0 Å². The Kier molecular flexibility index (Phi) is 2.53. The first-order chi connectivity index (χ1) is 9.83. The van der Waals surface area contributed by atoms with Gasteiger partial charge in [-0.25, -0.2) is 0 Å². The summed E-state index contributed by atoms with van der Waals surface area (Å²) in [7, 11) is 0. The lowest BCUT2D eigenvalue weighted by molar-refractivity contribution is 0.829.